The third-order valence-corrected chi connectivity index (χ3v) is 5.43. The normalized spacial score (nSPS) is 31.6. The summed E-state index contributed by atoms with van der Waals surface area (Å²) in [5, 5.41) is 3.78. The first-order valence-electron chi connectivity index (χ1n) is 8.67. The molecule has 2 heterocycles. The molecule has 0 saturated carbocycles. The number of piperazine rings is 1. The summed E-state index contributed by atoms with van der Waals surface area (Å²) < 4.78 is 5.51. The van der Waals surface area contributed by atoms with Gasteiger partial charge in [0.25, 0.3) is 0 Å². The van der Waals surface area contributed by atoms with Gasteiger partial charge < -0.3 is 10.1 Å². The highest BCUT2D eigenvalue weighted by Gasteiger charge is 2.33. The summed E-state index contributed by atoms with van der Waals surface area (Å²) in [5.74, 6) is 2.36. The first kappa shape index (κ1) is 16.3. The van der Waals surface area contributed by atoms with Crippen molar-refractivity contribution in [2.75, 3.05) is 32.8 Å². The number of ether oxygens (including phenoxy) is 1. The molecule has 0 aliphatic carbocycles. The summed E-state index contributed by atoms with van der Waals surface area (Å²) in [6, 6.07) is 1.38. The van der Waals surface area contributed by atoms with Crippen LogP contribution in [0.2, 0.25) is 0 Å². The van der Waals surface area contributed by atoms with E-state index in [1.165, 1.54) is 38.9 Å². The van der Waals surface area contributed by atoms with Crippen molar-refractivity contribution in [2.24, 2.45) is 17.8 Å². The molecule has 2 fully saturated rings. The molecule has 1 N–H and O–H groups in total. The largest absolute Gasteiger partial charge is 0.381 e. The predicted molar refractivity (Wildman–Crippen MR) is 85.0 cm³/mol. The van der Waals surface area contributed by atoms with E-state index >= 15 is 0 Å². The Labute approximate surface area is 125 Å². The van der Waals surface area contributed by atoms with Crippen molar-refractivity contribution in [3.05, 3.63) is 0 Å². The van der Waals surface area contributed by atoms with Crippen LogP contribution in [0.15, 0.2) is 0 Å². The Morgan fingerprint density at radius 1 is 1.20 bits per heavy atom. The average molecular weight is 282 g/mol. The van der Waals surface area contributed by atoms with Gasteiger partial charge in [-0.05, 0) is 30.6 Å². The summed E-state index contributed by atoms with van der Waals surface area (Å²) >= 11 is 0. The number of nitrogens with zero attached hydrogens (tertiary/aromatic N) is 1. The number of hydrogen-bond donors (Lipinski definition) is 1. The Balaban J connectivity index is 1.96. The quantitative estimate of drug-likeness (QED) is 0.839. The van der Waals surface area contributed by atoms with Crippen molar-refractivity contribution in [1.82, 2.24) is 10.2 Å². The first-order chi connectivity index (χ1) is 9.61. The maximum absolute atomic E-state index is 5.51. The van der Waals surface area contributed by atoms with Gasteiger partial charge >= 0.3 is 0 Å². The molecule has 0 amide bonds. The Bertz CT molecular complexity index is 276. The smallest absolute Gasteiger partial charge is 0.0469 e. The minimum absolute atomic E-state index is 0.662. The predicted octanol–water partition coefficient (Wildman–Crippen LogP) is 2.76. The lowest BCUT2D eigenvalue weighted by atomic mass is 9.89. The van der Waals surface area contributed by atoms with Crippen molar-refractivity contribution in [1.29, 1.82) is 0 Å². The summed E-state index contributed by atoms with van der Waals surface area (Å²) in [6.45, 7) is 15.0. The van der Waals surface area contributed by atoms with Crippen LogP contribution in [0.5, 0.6) is 0 Å². The van der Waals surface area contributed by atoms with E-state index in [0.717, 1.165) is 37.0 Å². The molecule has 2 aliphatic heterocycles. The molecule has 3 nitrogen and oxygen atoms in total. The highest BCUT2D eigenvalue weighted by atomic mass is 16.5. The van der Waals surface area contributed by atoms with Gasteiger partial charge in [0, 0.05) is 44.9 Å². The highest BCUT2D eigenvalue weighted by Crippen LogP contribution is 2.24. The van der Waals surface area contributed by atoms with Crippen LogP contribution in [0.25, 0.3) is 0 Å². The topological polar surface area (TPSA) is 24.5 Å². The van der Waals surface area contributed by atoms with E-state index in [2.05, 4.69) is 37.9 Å². The first-order valence-corrected chi connectivity index (χ1v) is 8.67. The minimum Gasteiger partial charge on any atom is -0.381 e. The molecule has 0 aromatic rings. The van der Waals surface area contributed by atoms with Gasteiger partial charge in [-0.1, -0.05) is 34.1 Å². The van der Waals surface area contributed by atoms with Gasteiger partial charge in [-0.15, -0.1) is 0 Å². The molecule has 0 aromatic heterocycles. The zero-order chi connectivity index (χ0) is 14.5. The lowest BCUT2D eigenvalue weighted by molar-refractivity contribution is 0.0212. The fraction of sp³-hybridized carbons (Fsp3) is 1.00. The molecule has 2 rings (SSSR count). The van der Waals surface area contributed by atoms with E-state index < -0.39 is 0 Å². The zero-order valence-corrected chi connectivity index (χ0v) is 13.9. The summed E-state index contributed by atoms with van der Waals surface area (Å²) in [6.07, 6.45) is 3.79. The Kier molecular flexibility index (Phi) is 6.31. The monoisotopic (exact) mass is 282 g/mol. The van der Waals surface area contributed by atoms with Crippen LogP contribution in [-0.4, -0.2) is 49.8 Å². The molecule has 0 bridgehead atoms. The van der Waals surface area contributed by atoms with Gasteiger partial charge in [0.15, 0.2) is 0 Å². The molecule has 3 atom stereocenters. The molecule has 0 aromatic carbocycles. The summed E-state index contributed by atoms with van der Waals surface area (Å²) in [4.78, 5) is 2.80. The van der Waals surface area contributed by atoms with Gasteiger partial charge in [0.2, 0.25) is 0 Å². The van der Waals surface area contributed by atoms with E-state index in [9.17, 15) is 0 Å². The molecule has 2 aliphatic rings. The Morgan fingerprint density at radius 3 is 2.50 bits per heavy atom. The zero-order valence-electron chi connectivity index (χ0n) is 13.9. The number of rotatable bonds is 5. The maximum atomic E-state index is 5.51. The van der Waals surface area contributed by atoms with Crippen LogP contribution in [-0.2, 0) is 4.74 Å². The lowest BCUT2D eigenvalue weighted by Crippen LogP contribution is -2.60. The fourth-order valence-corrected chi connectivity index (χ4v) is 3.60. The average Bonchev–Trinajstić information content (AvgIpc) is 2.47. The minimum atomic E-state index is 0.662. The number of hydrogen-bond acceptors (Lipinski definition) is 3. The standard InChI is InChI=1S/C17H34N2O/c1-5-14(4)17-10-18-16(13(2)3)12-19(17)11-15-6-8-20-9-7-15/h13-18H,5-12H2,1-4H3. The van der Waals surface area contributed by atoms with Crippen molar-refractivity contribution < 1.29 is 4.74 Å². The third kappa shape index (κ3) is 4.19. The molecular weight excluding hydrogens is 248 g/mol. The third-order valence-electron chi connectivity index (χ3n) is 5.43. The second-order valence-electron chi connectivity index (χ2n) is 7.22. The van der Waals surface area contributed by atoms with Gasteiger partial charge in [-0.3, -0.25) is 4.90 Å². The van der Waals surface area contributed by atoms with Crippen LogP contribution in [0.4, 0.5) is 0 Å². The molecule has 118 valence electrons. The van der Waals surface area contributed by atoms with Gasteiger partial charge in [0.05, 0.1) is 0 Å². The van der Waals surface area contributed by atoms with E-state index in [1.54, 1.807) is 0 Å². The molecule has 0 spiro atoms. The van der Waals surface area contributed by atoms with E-state index in [0.29, 0.717) is 6.04 Å². The molecule has 3 unspecified atom stereocenters. The van der Waals surface area contributed by atoms with Crippen LogP contribution in [0.3, 0.4) is 0 Å². The van der Waals surface area contributed by atoms with Gasteiger partial charge in [-0.2, -0.15) is 0 Å². The molecule has 20 heavy (non-hydrogen) atoms. The molecule has 2 saturated heterocycles. The SMILES string of the molecule is CCC(C)C1CNC(C(C)C)CN1CC1CCOCC1. The van der Waals surface area contributed by atoms with Gasteiger partial charge in [0.1, 0.15) is 0 Å². The van der Waals surface area contributed by atoms with Gasteiger partial charge in [-0.25, -0.2) is 0 Å². The summed E-state index contributed by atoms with van der Waals surface area (Å²) in [7, 11) is 0. The van der Waals surface area contributed by atoms with Crippen LogP contribution >= 0.6 is 0 Å². The molecule has 0 radical (unpaired) electrons. The Morgan fingerprint density at radius 2 is 1.90 bits per heavy atom. The van der Waals surface area contributed by atoms with Crippen molar-refractivity contribution in [2.45, 2.75) is 59.0 Å². The van der Waals surface area contributed by atoms with Crippen LogP contribution < -0.4 is 5.32 Å². The summed E-state index contributed by atoms with van der Waals surface area (Å²) in [5.41, 5.74) is 0. The van der Waals surface area contributed by atoms with Crippen molar-refractivity contribution >= 4 is 0 Å². The molecular formula is C17H34N2O. The highest BCUT2D eigenvalue weighted by molar-refractivity contribution is 4.90. The van der Waals surface area contributed by atoms with Crippen molar-refractivity contribution in [3.8, 4) is 0 Å². The maximum Gasteiger partial charge on any atom is 0.0469 e. The van der Waals surface area contributed by atoms with E-state index in [1.807, 2.05) is 0 Å². The Hall–Kier alpha value is -0.120. The van der Waals surface area contributed by atoms with Crippen molar-refractivity contribution in [3.63, 3.8) is 0 Å². The van der Waals surface area contributed by atoms with E-state index in [4.69, 9.17) is 4.74 Å². The lowest BCUT2D eigenvalue weighted by Gasteiger charge is -2.46. The molecule has 3 heteroatoms. The number of nitrogens with one attached hydrogen (secondary N) is 1. The van der Waals surface area contributed by atoms with Crippen LogP contribution in [0, 0.1) is 17.8 Å². The fourth-order valence-electron chi connectivity index (χ4n) is 3.60. The second-order valence-corrected chi connectivity index (χ2v) is 7.22. The van der Waals surface area contributed by atoms with E-state index in [-0.39, 0.29) is 0 Å². The van der Waals surface area contributed by atoms with Crippen LogP contribution in [0.1, 0.15) is 47.0 Å². The second kappa shape index (κ2) is 7.77.